The van der Waals surface area contributed by atoms with Crippen LogP contribution < -0.4 is 61.6 Å². The zero-order valence-corrected chi connectivity index (χ0v) is 22.8. The molecule has 0 N–H and O–H groups in total. The van der Waals surface area contributed by atoms with Crippen LogP contribution in [0, 0.1) is 0 Å². The Hall–Kier alpha value is -1.35. The quantitative estimate of drug-likeness (QED) is 0.347. The van der Waals surface area contributed by atoms with Gasteiger partial charge in [0.15, 0.2) is 0 Å². The van der Waals surface area contributed by atoms with Gasteiger partial charge in [0.2, 0.25) is 0 Å². The topological polar surface area (TPSA) is 12.5 Å². The molecule has 3 aromatic carbocycles. The molecule has 0 heterocycles. The number of rotatable bonds is 9. The molecule has 168 valence electrons. The van der Waals surface area contributed by atoms with E-state index in [9.17, 15) is 12.9 Å². The number of hydrogen-bond donors (Lipinski definition) is 0. The third-order valence-corrected chi connectivity index (χ3v) is 5.31. The second kappa shape index (κ2) is 12.9. The zero-order valence-electron chi connectivity index (χ0n) is 19.7. The van der Waals surface area contributed by atoms with Crippen molar-refractivity contribution in [3.05, 3.63) is 95.6 Å². The SMILES string of the molecule is CC/C(=C(/c1ccc(OCCN(C)C)cc1)c1ccc([B-](F)(F)F)cc1)c1ccccc1.[K+]. The van der Waals surface area contributed by atoms with Crippen LogP contribution in [-0.2, 0) is 0 Å². The molecule has 0 aliphatic rings. The van der Waals surface area contributed by atoms with E-state index >= 15 is 0 Å². The van der Waals surface area contributed by atoms with E-state index in [0.29, 0.717) is 6.61 Å². The van der Waals surface area contributed by atoms with Crippen molar-refractivity contribution >= 4 is 23.6 Å². The maximum absolute atomic E-state index is 13.2. The number of hydrogen-bond acceptors (Lipinski definition) is 2. The fourth-order valence-electron chi connectivity index (χ4n) is 3.61. The molecule has 0 radical (unpaired) electrons. The van der Waals surface area contributed by atoms with Gasteiger partial charge in [0, 0.05) is 6.54 Å². The molecular weight excluding hydrogens is 449 g/mol. The molecule has 0 saturated carbocycles. The average molecular weight is 477 g/mol. The molecule has 0 unspecified atom stereocenters. The fourth-order valence-corrected chi connectivity index (χ4v) is 3.61. The number of nitrogens with zero attached hydrogens (tertiary/aromatic N) is 1. The molecule has 0 fully saturated rings. The summed E-state index contributed by atoms with van der Waals surface area (Å²) in [7, 11) is 3.98. The summed E-state index contributed by atoms with van der Waals surface area (Å²) in [5.74, 6) is 0.767. The molecule has 7 heteroatoms. The van der Waals surface area contributed by atoms with Gasteiger partial charge in [-0.2, -0.15) is 0 Å². The van der Waals surface area contributed by atoms with Crippen LogP contribution in [0.5, 0.6) is 5.75 Å². The van der Waals surface area contributed by atoms with Crippen LogP contribution in [0.4, 0.5) is 12.9 Å². The van der Waals surface area contributed by atoms with E-state index in [1.54, 1.807) is 12.1 Å². The van der Waals surface area contributed by atoms with Gasteiger partial charge in [-0.25, -0.2) is 0 Å². The second-order valence-electron chi connectivity index (χ2n) is 7.95. The maximum Gasteiger partial charge on any atom is 1.00 e. The summed E-state index contributed by atoms with van der Waals surface area (Å²) in [6, 6.07) is 23.2. The van der Waals surface area contributed by atoms with Crippen LogP contribution in [0.15, 0.2) is 78.9 Å². The standard InChI is InChI=1S/C26H28BF3NO.K/c1-4-25(20-8-6-5-7-9-20)26(21-10-14-23(15-11-21)27(28,29)30)22-12-16-24(17-13-22)32-19-18-31(2)3;/h5-17H,4,18-19H2,1-3H3;/q-1;+1/b26-25-;. The Labute approximate surface area is 237 Å². The smallest absolute Gasteiger partial charge is 0.492 e. The summed E-state index contributed by atoms with van der Waals surface area (Å²) in [4.78, 5) is 2.05. The van der Waals surface area contributed by atoms with Crippen LogP contribution in [0.25, 0.3) is 11.1 Å². The molecule has 0 aliphatic heterocycles. The molecule has 3 aromatic rings. The fraction of sp³-hybridized carbons (Fsp3) is 0.231. The van der Waals surface area contributed by atoms with Crippen molar-refractivity contribution in [1.29, 1.82) is 0 Å². The van der Waals surface area contributed by atoms with Crippen molar-refractivity contribution in [3.63, 3.8) is 0 Å². The molecule has 0 bridgehead atoms. The summed E-state index contributed by atoms with van der Waals surface area (Å²) in [6.45, 7) is -1.56. The molecule has 0 aromatic heterocycles. The number of likely N-dealkylation sites (N-methyl/N-ethyl adjacent to an activating group) is 1. The molecule has 0 spiro atoms. The van der Waals surface area contributed by atoms with E-state index in [4.69, 9.17) is 4.74 Å². The first-order valence-corrected chi connectivity index (χ1v) is 10.8. The number of halogens is 3. The first-order valence-electron chi connectivity index (χ1n) is 10.8. The van der Waals surface area contributed by atoms with Crippen molar-refractivity contribution in [3.8, 4) is 5.75 Å². The van der Waals surface area contributed by atoms with Crippen molar-refractivity contribution in [2.24, 2.45) is 0 Å². The van der Waals surface area contributed by atoms with Gasteiger partial charge in [-0.3, -0.25) is 0 Å². The molecule has 0 saturated heterocycles. The van der Waals surface area contributed by atoms with Gasteiger partial charge in [0.05, 0.1) is 0 Å². The van der Waals surface area contributed by atoms with Crippen LogP contribution in [0.3, 0.4) is 0 Å². The van der Waals surface area contributed by atoms with Crippen LogP contribution in [0.1, 0.15) is 30.0 Å². The summed E-state index contributed by atoms with van der Waals surface area (Å²) < 4.78 is 45.3. The number of allylic oxidation sites excluding steroid dienone is 1. The predicted octanol–water partition coefficient (Wildman–Crippen LogP) is 3.05. The largest absolute Gasteiger partial charge is 1.00 e. The van der Waals surface area contributed by atoms with Gasteiger partial charge in [-0.1, -0.05) is 73.7 Å². The average Bonchev–Trinajstić information content (AvgIpc) is 2.78. The molecule has 2 nitrogen and oxygen atoms in total. The zero-order chi connectivity index (χ0) is 23.1. The molecular formula is C26H28BF3KNO. The second-order valence-corrected chi connectivity index (χ2v) is 7.95. The van der Waals surface area contributed by atoms with Crippen LogP contribution in [-0.4, -0.2) is 39.1 Å². The Morgan fingerprint density at radius 3 is 1.82 bits per heavy atom. The van der Waals surface area contributed by atoms with Crippen molar-refractivity contribution in [2.75, 3.05) is 27.2 Å². The normalized spacial score (nSPS) is 12.2. The molecule has 33 heavy (non-hydrogen) atoms. The van der Waals surface area contributed by atoms with Gasteiger partial charge >= 0.3 is 58.4 Å². The molecule has 0 amide bonds. The summed E-state index contributed by atoms with van der Waals surface area (Å²) >= 11 is 0. The Kier molecular flexibility index (Phi) is 10.9. The summed E-state index contributed by atoms with van der Waals surface area (Å²) in [5, 5.41) is 0. The van der Waals surface area contributed by atoms with Gasteiger partial charge in [0.25, 0.3) is 0 Å². The molecule has 0 atom stereocenters. The van der Waals surface area contributed by atoms with Gasteiger partial charge in [-0.15, -0.1) is 5.46 Å². The van der Waals surface area contributed by atoms with Gasteiger partial charge in [0.1, 0.15) is 12.4 Å². The Bertz CT molecular complexity index is 1030. The van der Waals surface area contributed by atoms with E-state index < -0.39 is 12.4 Å². The van der Waals surface area contributed by atoms with Gasteiger partial charge < -0.3 is 22.6 Å². The number of ether oxygens (including phenoxy) is 1. The minimum atomic E-state index is -5.02. The Morgan fingerprint density at radius 1 is 0.788 bits per heavy atom. The maximum atomic E-state index is 13.2. The third-order valence-electron chi connectivity index (χ3n) is 5.31. The first-order chi connectivity index (χ1) is 15.3. The van der Waals surface area contributed by atoms with Crippen molar-refractivity contribution in [2.45, 2.75) is 13.3 Å². The minimum absolute atomic E-state index is 0. The first kappa shape index (κ1) is 27.9. The van der Waals surface area contributed by atoms with Crippen molar-refractivity contribution < 1.29 is 69.1 Å². The van der Waals surface area contributed by atoms with E-state index in [1.807, 2.05) is 68.7 Å². The summed E-state index contributed by atoms with van der Waals surface area (Å²) in [6.07, 6.45) is 0.741. The molecule has 3 rings (SSSR count). The van der Waals surface area contributed by atoms with E-state index in [2.05, 4.69) is 11.8 Å². The minimum Gasteiger partial charge on any atom is -0.492 e. The Balaban J connectivity index is 0.00000385. The Morgan fingerprint density at radius 2 is 1.33 bits per heavy atom. The van der Waals surface area contributed by atoms with E-state index in [0.717, 1.165) is 46.6 Å². The van der Waals surface area contributed by atoms with Gasteiger partial charge in [-0.05, 0) is 60.5 Å². The van der Waals surface area contributed by atoms with Crippen LogP contribution >= 0.6 is 0 Å². The van der Waals surface area contributed by atoms with E-state index in [1.165, 1.54) is 12.1 Å². The van der Waals surface area contributed by atoms with E-state index in [-0.39, 0.29) is 51.4 Å². The van der Waals surface area contributed by atoms with Crippen LogP contribution in [0.2, 0.25) is 0 Å². The summed E-state index contributed by atoms with van der Waals surface area (Å²) in [5.41, 5.74) is 4.18. The van der Waals surface area contributed by atoms with Crippen molar-refractivity contribution in [1.82, 2.24) is 4.90 Å². The number of benzene rings is 3. The third kappa shape index (κ3) is 7.84. The predicted molar refractivity (Wildman–Crippen MR) is 128 cm³/mol. The molecule has 0 aliphatic carbocycles. The monoisotopic (exact) mass is 477 g/mol.